The molecule has 2 amide bonds. The summed E-state index contributed by atoms with van der Waals surface area (Å²) in [6.07, 6.45) is 6.09. The number of carbonyl (C=O) groups excluding carboxylic acids is 2. The van der Waals surface area contributed by atoms with E-state index in [1.54, 1.807) is 62.8 Å². The van der Waals surface area contributed by atoms with Crippen LogP contribution in [0.5, 0.6) is 57.5 Å². The summed E-state index contributed by atoms with van der Waals surface area (Å²) in [6, 6.07) is 54.6. The molecule has 75 heavy (non-hydrogen) atoms. The number of nitrogen functional groups attached to an aromatic ring is 1. The number of benzene rings is 8. The van der Waals surface area contributed by atoms with E-state index < -0.39 is 11.9 Å². The minimum atomic E-state index is -1.16. The number of carbonyl (C=O) groups is 3. The van der Waals surface area contributed by atoms with Crippen molar-refractivity contribution >= 4 is 47.0 Å². The number of nitrogens with two attached hydrogens (primary N) is 1. The number of aromatic carboxylic acids is 1. The molecular weight excluding hydrogens is 951 g/mol. The maximum atomic E-state index is 12.4. The van der Waals surface area contributed by atoms with E-state index in [-0.39, 0.29) is 17.2 Å². The van der Waals surface area contributed by atoms with Crippen molar-refractivity contribution in [3.63, 3.8) is 0 Å². The van der Waals surface area contributed by atoms with Gasteiger partial charge in [-0.05, 0) is 133 Å². The first-order valence-electron chi connectivity index (χ1n) is 23.3. The lowest BCUT2D eigenvalue weighted by molar-refractivity contribution is -0.112. The molecule has 0 aromatic heterocycles. The summed E-state index contributed by atoms with van der Waals surface area (Å²) in [5.41, 5.74) is 10.9. The Morgan fingerprint density at radius 1 is 0.427 bits per heavy atom. The summed E-state index contributed by atoms with van der Waals surface area (Å²) in [7, 11) is 6.22. The normalized spacial score (nSPS) is 10.4. The summed E-state index contributed by atoms with van der Waals surface area (Å²) in [5, 5.41) is 14.9. The van der Waals surface area contributed by atoms with Crippen LogP contribution in [0.3, 0.4) is 0 Å². The second-order valence-corrected chi connectivity index (χ2v) is 16.1. The Morgan fingerprint density at radius 3 is 1.23 bits per heavy atom. The van der Waals surface area contributed by atoms with E-state index >= 15 is 0 Å². The Hall–Kier alpha value is -9.95. The highest BCUT2D eigenvalue weighted by Gasteiger charge is 2.14. The van der Waals surface area contributed by atoms with Gasteiger partial charge < -0.3 is 54.6 Å². The molecule has 0 heterocycles. The topological polar surface area (TPSA) is 186 Å². The first-order chi connectivity index (χ1) is 36.3. The second-order valence-electron chi connectivity index (χ2n) is 16.1. The molecule has 382 valence electrons. The van der Waals surface area contributed by atoms with Gasteiger partial charge in [-0.2, -0.15) is 0 Å². The lowest BCUT2D eigenvalue weighted by Crippen LogP contribution is -2.12. The summed E-state index contributed by atoms with van der Waals surface area (Å²) in [6.45, 7) is 3.90. The zero-order valence-electron chi connectivity index (χ0n) is 42.2. The van der Waals surface area contributed by atoms with E-state index in [0.717, 1.165) is 39.6 Å². The number of anilines is 3. The monoisotopic (exact) mass is 1010 g/mol. The van der Waals surface area contributed by atoms with Crippen LogP contribution in [-0.4, -0.2) is 51.3 Å². The molecule has 8 aromatic carbocycles. The van der Waals surface area contributed by atoms with Gasteiger partial charge in [-0.25, -0.2) is 4.79 Å². The standard InChI is InChI=1S/C24H21NO6.C24H23NO4.C13H13NO/c1-29-21-12-8-16(14-22(21)30-2)9-13-23(26)25-20-15-18(10-11-19(20)24(27)28)31-17-6-4-3-5-7-17;1-17-9-12-20(29-19-7-5-4-6-8-19)16-21(17)25-24(26)14-11-18-10-13-22(27-2)23(15-18)28-3;1-10-7-8-12(9-13(10)14)15-11-5-3-2-4-6-11/h3-15H,1-2H3,(H,25,26)(H,27,28);4-16H,1-3H3,(H,25,26);2-9H,14H2,1H3/b13-9+;14-11+;. The summed E-state index contributed by atoms with van der Waals surface area (Å²) in [5.74, 6) is 4.44. The molecule has 8 rings (SSSR count). The fourth-order valence-corrected chi connectivity index (χ4v) is 6.84. The van der Waals surface area contributed by atoms with Crippen LogP contribution in [0.15, 0.2) is 194 Å². The van der Waals surface area contributed by atoms with Crippen molar-refractivity contribution in [3.05, 3.63) is 222 Å². The van der Waals surface area contributed by atoms with Crippen LogP contribution in [0, 0.1) is 13.8 Å². The Balaban J connectivity index is 0.000000193. The number of methoxy groups -OCH3 is 4. The molecule has 5 N–H and O–H groups in total. The smallest absolute Gasteiger partial charge is 0.337 e. The second kappa shape index (κ2) is 27.6. The third kappa shape index (κ3) is 16.8. The van der Waals surface area contributed by atoms with Gasteiger partial charge in [-0.1, -0.05) is 78.9 Å². The van der Waals surface area contributed by atoms with E-state index in [4.69, 9.17) is 38.9 Å². The van der Waals surface area contributed by atoms with E-state index in [1.807, 2.05) is 141 Å². The molecule has 0 atom stereocenters. The molecule has 0 aliphatic carbocycles. The van der Waals surface area contributed by atoms with E-state index in [2.05, 4.69) is 10.6 Å². The van der Waals surface area contributed by atoms with Crippen LogP contribution in [0.2, 0.25) is 0 Å². The molecule has 0 radical (unpaired) electrons. The zero-order chi connectivity index (χ0) is 53.5. The lowest BCUT2D eigenvalue weighted by Gasteiger charge is -2.11. The Kier molecular flexibility index (Phi) is 20.0. The van der Waals surface area contributed by atoms with Crippen molar-refractivity contribution in [3.8, 4) is 57.5 Å². The molecule has 0 saturated carbocycles. The molecular formula is C61H57N3O11. The van der Waals surface area contributed by atoms with Gasteiger partial charge in [0.15, 0.2) is 23.0 Å². The highest BCUT2D eigenvalue weighted by Crippen LogP contribution is 2.32. The van der Waals surface area contributed by atoms with Gasteiger partial charge in [-0.15, -0.1) is 0 Å². The molecule has 8 aromatic rings. The predicted octanol–water partition coefficient (Wildman–Crippen LogP) is 13.7. The maximum Gasteiger partial charge on any atom is 0.337 e. The molecule has 0 saturated heterocycles. The van der Waals surface area contributed by atoms with Gasteiger partial charge in [0.05, 0.1) is 39.7 Å². The molecule has 0 fully saturated rings. The van der Waals surface area contributed by atoms with Crippen molar-refractivity contribution in [2.75, 3.05) is 44.8 Å². The van der Waals surface area contributed by atoms with Crippen LogP contribution in [0.1, 0.15) is 32.6 Å². The molecule has 0 aliphatic rings. The average Bonchev–Trinajstić information content (AvgIpc) is 3.42. The number of ether oxygens (including phenoxy) is 7. The molecule has 0 unspecified atom stereocenters. The highest BCUT2D eigenvalue weighted by molar-refractivity contribution is 6.06. The first-order valence-corrected chi connectivity index (χ1v) is 23.3. The van der Waals surface area contributed by atoms with Gasteiger partial charge in [0.1, 0.15) is 34.5 Å². The number of aryl methyl sites for hydroxylation is 2. The fraction of sp³-hybridized carbons (Fsp3) is 0.0984. The Morgan fingerprint density at radius 2 is 0.813 bits per heavy atom. The van der Waals surface area contributed by atoms with Crippen LogP contribution >= 0.6 is 0 Å². The molecule has 0 spiro atoms. The van der Waals surface area contributed by atoms with Crippen LogP contribution in [0.25, 0.3) is 12.2 Å². The number of hydrogen-bond donors (Lipinski definition) is 4. The first kappa shape index (κ1) is 54.4. The van der Waals surface area contributed by atoms with Crippen molar-refractivity contribution in [2.24, 2.45) is 0 Å². The number of carboxylic acid groups (broad SMARTS) is 1. The molecule has 0 aliphatic heterocycles. The number of hydrogen-bond acceptors (Lipinski definition) is 11. The number of rotatable bonds is 17. The Labute approximate surface area is 436 Å². The summed E-state index contributed by atoms with van der Waals surface area (Å²) >= 11 is 0. The zero-order valence-corrected chi connectivity index (χ0v) is 42.2. The van der Waals surface area contributed by atoms with Crippen LogP contribution in [0.4, 0.5) is 17.1 Å². The Bertz CT molecular complexity index is 3240. The highest BCUT2D eigenvalue weighted by atomic mass is 16.5. The summed E-state index contributed by atoms with van der Waals surface area (Å²) < 4.78 is 38.1. The SMILES string of the molecule is COc1ccc(/C=C/C(=O)Nc2cc(Oc3ccccc3)ccc2C(=O)O)cc1OC.COc1ccc(/C=C/C(=O)Nc2cc(Oc3ccccc3)ccc2C)cc1OC.Cc1ccc(Oc2ccccc2)cc1N. The van der Waals surface area contributed by atoms with Crippen molar-refractivity contribution in [2.45, 2.75) is 13.8 Å². The molecule has 14 heteroatoms. The third-order valence-corrected chi connectivity index (χ3v) is 10.8. The average molecular weight is 1010 g/mol. The minimum Gasteiger partial charge on any atom is -0.493 e. The van der Waals surface area contributed by atoms with E-state index in [0.29, 0.717) is 51.5 Å². The molecule has 0 bridgehead atoms. The minimum absolute atomic E-state index is 0.0479. The number of amides is 2. The fourth-order valence-electron chi connectivity index (χ4n) is 6.84. The number of para-hydroxylation sites is 3. The van der Waals surface area contributed by atoms with Crippen molar-refractivity contribution in [1.29, 1.82) is 0 Å². The lowest BCUT2D eigenvalue weighted by atomic mass is 10.1. The maximum absolute atomic E-state index is 12.4. The van der Waals surface area contributed by atoms with Crippen molar-refractivity contribution < 1.29 is 52.6 Å². The van der Waals surface area contributed by atoms with Gasteiger partial charge in [0.25, 0.3) is 0 Å². The third-order valence-electron chi connectivity index (χ3n) is 10.8. The van der Waals surface area contributed by atoms with E-state index in [1.165, 1.54) is 44.6 Å². The van der Waals surface area contributed by atoms with Gasteiger partial charge in [-0.3, -0.25) is 9.59 Å². The number of nitrogens with one attached hydrogen (secondary N) is 2. The summed E-state index contributed by atoms with van der Waals surface area (Å²) in [4.78, 5) is 36.4. The van der Waals surface area contributed by atoms with Gasteiger partial charge in [0.2, 0.25) is 11.8 Å². The predicted molar refractivity (Wildman–Crippen MR) is 294 cm³/mol. The van der Waals surface area contributed by atoms with Gasteiger partial charge in [0, 0.05) is 41.7 Å². The molecule has 14 nitrogen and oxygen atoms in total. The van der Waals surface area contributed by atoms with E-state index in [9.17, 15) is 19.5 Å². The van der Waals surface area contributed by atoms with Crippen molar-refractivity contribution in [1.82, 2.24) is 0 Å². The largest absolute Gasteiger partial charge is 0.493 e. The van der Waals surface area contributed by atoms with Crippen LogP contribution < -0.4 is 49.5 Å². The number of carboxylic acids is 1. The van der Waals surface area contributed by atoms with Gasteiger partial charge >= 0.3 is 5.97 Å². The quantitative estimate of drug-likeness (QED) is 0.0500. The van der Waals surface area contributed by atoms with Crippen LogP contribution in [-0.2, 0) is 9.59 Å².